The van der Waals surface area contributed by atoms with E-state index < -0.39 is 59.4 Å². The number of carboxylic acid groups (broad SMARTS) is 1. The minimum atomic E-state index is -1.13. The Morgan fingerprint density at radius 3 is 2.62 bits per heavy atom. The fourth-order valence-corrected chi connectivity index (χ4v) is 9.50. The standard InChI is InChI=1S/C25H22N7O7.C7H15.In/c1-13-37-18-16(10-36-22-15(24(33)34)8-5-9-26-22)39-23(19(18)38-13)32-12-29-17-20(27-11-28-21(17)32)31-25(35)30-14-6-3-2-4-7-14;1-3-5-7-6-4-2;/h2-9,11-13,16,18-19,23H,1,10H2,(H,33,34)(H2,27,28,30,31,35);1,3-7H2,2H3;. The van der Waals surface area contributed by atoms with Gasteiger partial charge in [0, 0.05) is 5.69 Å². The zero-order valence-electron chi connectivity index (χ0n) is 26.0. The maximum absolute atomic E-state index is 12.7. The molecule has 3 aromatic heterocycles. The van der Waals surface area contributed by atoms with Crippen LogP contribution in [0.3, 0.4) is 0 Å². The van der Waals surface area contributed by atoms with Crippen molar-refractivity contribution in [3.05, 3.63) is 66.9 Å². The second kappa shape index (κ2) is 15.9. The van der Waals surface area contributed by atoms with E-state index in [9.17, 15) is 14.7 Å². The second-order valence-corrected chi connectivity index (χ2v) is 16.0. The third-order valence-corrected chi connectivity index (χ3v) is 12.4. The van der Waals surface area contributed by atoms with E-state index in [1.165, 1.54) is 54.9 Å². The number of anilines is 2. The molecule has 15 heteroatoms. The number of nitrogens with zero attached hydrogens (tertiary/aromatic N) is 5. The summed E-state index contributed by atoms with van der Waals surface area (Å²) in [6.07, 6.45) is 8.19. The van der Waals surface area contributed by atoms with Gasteiger partial charge in [0.15, 0.2) is 0 Å². The van der Waals surface area contributed by atoms with Crippen LogP contribution in [0.2, 0.25) is 8.35 Å². The molecule has 0 saturated carbocycles. The monoisotopic (exact) mass is 746 g/mol. The number of para-hydroxylation sites is 1. The molecule has 2 amide bonds. The molecule has 3 N–H and O–H groups in total. The Hall–Kier alpha value is -3.79. The van der Waals surface area contributed by atoms with Crippen LogP contribution in [-0.2, 0) is 14.2 Å². The number of pyridine rings is 1. The van der Waals surface area contributed by atoms with Crippen LogP contribution in [-0.4, -0.2) is 95.7 Å². The number of carbonyl (C=O) groups excluding carboxylic acids is 1. The van der Waals surface area contributed by atoms with Crippen LogP contribution < -0.4 is 15.4 Å². The Morgan fingerprint density at radius 2 is 1.79 bits per heavy atom. The number of imidazole rings is 1. The van der Waals surface area contributed by atoms with E-state index in [0.29, 0.717) is 16.9 Å². The van der Waals surface area contributed by atoms with Crippen molar-refractivity contribution in [3.8, 4) is 5.88 Å². The van der Waals surface area contributed by atoms with Gasteiger partial charge in [-0.15, -0.1) is 0 Å². The first-order valence-corrected chi connectivity index (χ1v) is 20.6. The van der Waals surface area contributed by atoms with Crippen LogP contribution in [0.25, 0.3) is 11.2 Å². The van der Waals surface area contributed by atoms with Crippen molar-refractivity contribution in [2.75, 3.05) is 17.2 Å². The predicted molar refractivity (Wildman–Crippen MR) is 173 cm³/mol. The molecule has 0 bridgehead atoms. The number of nitrogens with one attached hydrogen (secondary N) is 2. The number of amides is 2. The van der Waals surface area contributed by atoms with Crippen molar-refractivity contribution in [3.63, 3.8) is 0 Å². The quantitative estimate of drug-likeness (QED) is 0.137. The number of rotatable bonds is 15. The van der Waals surface area contributed by atoms with Crippen LogP contribution in [0, 0.1) is 0 Å². The van der Waals surface area contributed by atoms with Crippen molar-refractivity contribution in [1.29, 1.82) is 0 Å². The summed E-state index contributed by atoms with van der Waals surface area (Å²) in [4.78, 5) is 41.8. The Balaban J connectivity index is 1.18. The fourth-order valence-electron chi connectivity index (χ4n) is 5.77. The number of hydrogen-bond acceptors (Lipinski definition) is 10. The average Bonchev–Trinajstić information content (AvgIpc) is 3.78. The molecule has 5 heterocycles. The Kier molecular flexibility index (Phi) is 11.2. The van der Waals surface area contributed by atoms with Crippen LogP contribution >= 0.6 is 0 Å². The summed E-state index contributed by atoms with van der Waals surface area (Å²) in [6.45, 7) is 2.22. The molecule has 0 spiro atoms. The van der Waals surface area contributed by atoms with E-state index >= 15 is 0 Å². The molecule has 47 heavy (non-hydrogen) atoms. The Bertz CT molecular complexity index is 1660. The normalized spacial score (nSPS) is 21.8. The number of urea groups is 1. The zero-order chi connectivity index (χ0) is 32.6. The van der Waals surface area contributed by atoms with E-state index in [1.54, 1.807) is 29.1 Å². The van der Waals surface area contributed by atoms with Gasteiger partial charge in [0.05, 0.1) is 0 Å². The first-order chi connectivity index (χ1) is 23.0. The number of benzene rings is 1. The molecule has 245 valence electrons. The molecule has 4 aromatic rings. The van der Waals surface area contributed by atoms with Crippen molar-refractivity contribution in [2.24, 2.45) is 0 Å². The summed E-state index contributed by atoms with van der Waals surface area (Å²) in [6, 6.07) is 11.6. The van der Waals surface area contributed by atoms with Crippen molar-refractivity contribution >= 4 is 57.6 Å². The number of fused-ring (bicyclic) bond motifs is 2. The molecular weight excluding hydrogens is 709 g/mol. The van der Waals surface area contributed by atoms with Gasteiger partial charge in [0.1, 0.15) is 0 Å². The van der Waals surface area contributed by atoms with Crippen LogP contribution in [0.4, 0.5) is 16.3 Å². The van der Waals surface area contributed by atoms with Gasteiger partial charge in [0.2, 0.25) is 0 Å². The van der Waals surface area contributed by atoms with Crippen LogP contribution in [0.5, 0.6) is 5.88 Å². The minimum absolute atomic E-state index is 0.00181. The number of carbonyl (C=O) groups is 2. The van der Waals surface area contributed by atoms with Gasteiger partial charge in [-0.05, 0) is 12.1 Å². The van der Waals surface area contributed by atoms with E-state index in [4.69, 9.17) is 18.9 Å². The van der Waals surface area contributed by atoms with E-state index in [-0.39, 0.29) is 30.2 Å². The number of aromatic nitrogens is 5. The van der Waals surface area contributed by atoms with Gasteiger partial charge in [-0.3, -0.25) is 0 Å². The molecule has 6 rings (SSSR count). The van der Waals surface area contributed by atoms with Crippen LogP contribution in [0.15, 0.2) is 61.3 Å². The second-order valence-electron chi connectivity index (χ2n) is 11.4. The van der Waals surface area contributed by atoms with Gasteiger partial charge in [-0.1, -0.05) is 18.2 Å². The first-order valence-electron chi connectivity index (χ1n) is 15.9. The third kappa shape index (κ3) is 8.03. The molecule has 1 aromatic carbocycles. The van der Waals surface area contributed by atoms with Gasteiger partial charge in [0.25, 0.3) is 0 Å². The molecule has 5 atom stereocenters. The summed E-state index contributed by atoms with van der Waals surface area (Å²) in [5.41, 5.74) is 1.41. The Labute approximate surface area is 283 Å². The molecule has 2 aliphatic rings. The van der Waals surface area contributed by atoms with E-state index in [2.05, 4.69) is 37.5 Å². The summed E-state index contributed by atoms with van der Waals surface area (Å²) in [5.74, 6) is -0.895. The first kappa shape index (κ1) is 33.1. The van der Waals surface area contributed by atoms with Crippen molar-refractivity contribution in [2.45, 2.75) is 78.2 Å². The molecule has 1 radical (unpaired) electrons. The van der Waals surface area contributed by atoms with E-state index in [0.717, 1.165) is 4.18 Å². The fraction of sp³-hybridized carbons (Fsp3) is 0.438. The summed E-state index contributed by atoms with van der Waals surface area (Å²) >= 11 is -0.892. The molecule has 2 aliphatic heterocycles. The molecule has 5 unspecified atom stereocenters. The van der Waals surface area contributed by atoms with Gasteiger partial charge in [-0.2, -0.15) is 0 Å². The number of carboxylic acids is 1. The topological polar surface area (TPSA) is 172 Å². The summed E-state index contributed by atoms with van der Waals surface area (Å²) in [5, 5.41) is 15.1. The molecule has 14 nitrogen and oxygen atoms in total. The summed E-state index contributed by atoms with van der Waals surface area (Å²) < 4.78 is 29.2. The number of unbranched alkanes of at least 4 members (excludes halogenated alkanes) is 4. The molecule has 0 aliphatic carbocycles. The zero-order valence-corrected chi connectivity index (χ0v) is 29.3. The van der Waals surface area contributed by atoms with E-state index in [1.807, 2.05) is 18.2 Å². The molecule has 2 fully saturated rings. The maximum atomic E-state index is 12.7. The van der Waals surface area contributed by atoms with Gasteiger partial charge < -0.3 is 0 Å². The number of hydrogen-bond donors (Lipinski definition) is 3. The van der Waals surface area contributed by atoms with Gasteiger partial charge >= 0.3 is 248 Å². The SMILES string of the molecule is CCCCCC[CH2][In][CH2]C1OC2C(COc3ncccc3C(=O)O)OC(n3cnc4c(NC(=O)Nc5ccccc5)ncnc43)C2O1. The van der Waals surface area contributed by atoms with Crippen molar-refractivity contribution in [1.82, 2.24) is 24.5 Å². The van der Waals surface area contributed by atoms with Crippen LogP contribution in [0.1, 0.15) is 55.6 Å². The van der Waals surface area contributed by atoms with Crippen molar-refractivity contribution < 1.29 is 33.6 Å². The van der Waals surface area contributed by atoms with Gasteiger partial charge in [-0.25, -0.2) is 0 Å². The third-order valence-electron chi connectivity index (χ3n) is 8.06. The number of aromatic carboxylic acids is 1. The average molecular weight is 747 g/mol. The molecular formula is C32H37InN7O7. The Morgan fingerprint density at radius 1 is 0.957 bits per heavy atom. The molecule has 2 saturated heterocycles. The summed E-state index contributed by atoms with van der Waals surface area (Å²) in [7, 11) is 0. The number of ether oxygens (including phenoxy) is 4. The predicted octanol–water partition coefficient (Wildman–Crippen LogP) is 5.16.